The minimum atomic E-state index is -0.172. The fraction of sp³-hybridized carbons (Fsp3) is 0.500. The van der Waals surface area contributed by atoms with Crippen molar-refractivity contribution in [3.05, 3.63) is 53.6 Å². The molecule has 2 aliphatic rings. The second-order valence-corrected chi connectivity index (χ2v) is 7.45. The number of benzene rings is 1. The van der Waals surface area contributed by atoms with E-state index in [1.165, 1.54) is 6.07 Å². The lowest BCUT2D eigenvalue weighted by Gasteiger charge is -2.32. The van der Waals surface area contributed by atoms with E-state index in [0.717, 1.165) is 36.8 Å². The van der Waals surface area contributed by atoms with Crippen molar-refractivity contribution in [2.45, 2.75) is 56.8 Å². The van der Waals surface area contributed by atoms with Gasteiger partial charge in [0, 0.05) is 55.5 Å². The Morgan fingerprint density at radius 1 is 1.31 bits per heavy atom. The van der Waals surface area contributed by atoms with Crippen molar-refractivity contribution in [3.63, 3.8) is 0 Å². The summed E-state index contributed by atoms with van der Waals surface area (Å²) in [6.07, 6.45) is 8.19. The molecule has 2 aromatic rings. The summed E-state index contributed by atoms with van der Waals surface area (Å²) in [6, 6.07) is 7.27. The third-order valence-corrected chi connectivity index (χ3v) is 5.66. The molecule has 4 rings (SSSR count). The van der Waals surface area contributed by atoms with Crippen molar-refractivity contribution < 1.29 is 9.18 Å². The number of hydrogen-bond donors (Lipinski definition) is 1. The molecule has 2 saturated heterocycles. The fourth-order valence-electron chi connectivity index (χ4n) is 4.48. The normalized spacial score (nSPS) is 26.8. The third-order valence-electron chi connectivity index (χ3n) is 5.66. The van der Waals surface area contributed by atoms with Crippen molar-refractivity contribution in [2.24, 2.45) is 7.05 Å². The molecule has 2 aliphatic heterocycles. The van der Waals surface area contributed by atoms with Gasteiger partial charge in [0.15, 0.2) is 0 Å². The first-order valence-electron chi connectivity index (χ1n) is 9.39. The Morgan fingerprint density at radius 2 is 2.15 bits per heavy atom. The topological polar surface area (TPSA) is 50.2 Å². The van der Waals surface area contributed by atoms with Crippen LogP contribution in [0.15, 0.2) is 36.7 Å². The summed E-state index contributed by atoms with van der Waals surface area (Å²) in [5, 5.41) is 7.47. The fourth-order valence-corrected chi connectivity index (χ4v) is 4.48. The summed E-state index contributed by atoms with van der Waals surface area (Å²) in [7, 11) is 1.90. The zero-order valence-electron chi connectivity index (χ0n) is 15.1. The molecule has 5 nitrogen and oxygen atoms in total. The van der Waals surface area contributed by atoms with Gasteiger partial charge in [-0.15, -0.1) is 0 Å². The maximum atomic E-state index is 14.5. The van der Waals surface area contributed by atoms with Crippen molar-refractivity contribution in [2.75, 3.05) is 0 Å². The molecule has 0 radical (unpaired) electrons. The van der Waals surface area contributed by atoms with E-state index in [1.54, 1.807) is 10.7 Å². The molecule has 0 bridgehead atoms. The van der Waals surface area contributed by atoms with Crippen molar-refractivity contribution in [1.29, 1.82) is 0 Å². The molecular weight excluding hydrogens is 331 g/mol. The number of carbonyl (C=O) groups excluding carboxylic acids is 1. The van der Waals surface area contributed by atoms with Gasteiger partial charge in [-0.1, -0.05) is 24.6 Å². The van der Waals surface area contributed by atoms with Crippen LogP contribution in [0.4, 0.5) is 4.39 Å². The molecule has 0 unspecified atom stereocenters. The smallest absolute Gasteiger partial charge is 0.220 e. The van der Waals surface area contributed by atoms with Crippen LogP contribution in [0.5, 0.6) is 0 Å². The summed E-state index contributed by atoms with van der Waals surface area (Å²) in [5.41, 5.74) is 1.83. The first-order valence-corrected chi connectivity index (χ1v) is 9.39. The molecule has 0 aliphatic carbocycles. The minimum absolute atomic E-state index is 0.0372. The molecule has 3 heterocycles. The van der Waals surface area contributed by atoms with Crippen LogP contribution in [0.25, 0.3) is 0 Å². The van der Waals surface area contributed by atoms with Crippen molar-refractivity contribution >= 4 is 5.91 Å². The zero-order chi connectivity index (χ0) is 18.1. The highest BCUT2D eigenvalue weighted by atomic mass is 19.1. The number of amides is 1. The van der Waals surface area contributed by atoms with Crippen LogP contribution in [0.2, 0.25) is 0 Å². The van der Waals surface area contributed by atoms with Gasteiger partial charge in [-0.3, -0.25) is 14.4 Å². The average molecular weight is 356 g/mol. The maximum Gasteiger partial charge on any atom is 0.220 e. The van der Waals surface area contributed by atoms with Gasteiger partial charge in [0.25, 0.3) is 0 Å². The summed E-state index contributed by atoms with van der Waals surface area (Å²) in [5.74, 6) is -0.0514. The highest BCUT2D eigenvalue weighted by Crippen LogP contribution is 2.40. The van der Waals surface area contributed by atoms with Crippen LogP contribution in [0.3, 0.4) is 0 Å². The molecular formula is C20H25FN4O. The summed E-state index contributed by atoms with van der Waals surface area (Å²) in [4.78, 5) is 14.5. The second kappa shape index (κ2) is 7.19. The van der Waals surface area contributed by atoms with E-state index in [2.05, 4.69) is 15.3 Å². The van der Waals surface area contributed by atoms with Gasteiger partial charge in [-0.05, 0) is 25.3 Å². The number of likely N-dealkylation sites (tertiary alicyclic amines) is 1. The highest BCUT2D eigenvalue weighted by molar-refractivity contribution is 5.76. The highest BCUT2D eigenvalue weighted by Gasteiger charge is 2.43. The molecule has 1 aromatic carbocycles. The number of halogens is 1. The average Bonchev–Trinajstić information content (AvgIpc) is 3.15. The maximum absolute atomic E-state index is 14.5. The third kappa shape index (κ3) is 3.38. The van der Waals surface area contributed by atoms with E-state index in [-0.39, 0.29) is 29.8 Å². The first-order chi connectivity index (χ1) is 12.6. The van der Waals surface area contributed by atoms with Crippen molar-refractivity contribution in [3.8, 4) is 0 Å². The lowest BCUT2D eigenvalue weighted by atomic mass is 9.97. The van der Waals surface area contributed by atoms with Gasteiger partial charge in [0.1, 0.15) is 5.82 Å². The first kappa shape index (κ1) is 17.2. The van der Waals surface area contributed by atoms with Gasteiger partial charge in [-0.25, -0.2) is 4.39 Å². The van der Waals surface area contributed by atoms with E-state index in [9.17, 15) is 9.18 Å². The van der Waals surface area contributed by atoms with Crippen LogP contribution < -0.4 is 5.32 Å². The number of carbonyl (C=O) groups is 1. The molecule has 138 valence electrons. The van der Waals surface area contributed by atoms with Crippen LogP contribution >= 0.6 is 0 Å². The minimum Gasteiger partial charge on any atom is -0.352 e. The number of nitrogens with zero attached hydrogens (tertiary/aromatic N) is 3. The summed E-state index contributed by atoms with van der Waals surface area (Å²) in [6.45, 7) is 0.712. The molecule has 2 fully saturated rings. The Morgan fingerprint density at radius 3 is 2.92 bits per heavy atom. The Kier molecular flexibility index (Phi) is 4.76. The SMILES string of the molecule is Cn1cc(CN2[C@H](c3ccccc3F)C[C@H]3NC(=O)CCCC[C@@H]32)cn1. The number of aromatic nitrogens is 2. The number of hydrogen-bond acceptors (Lipinski definition) is 3. The van der Waals surface area contributed by atoms with E-state index in [4.69, 9.17) is 0 Å². The zero-order valence-corrected chi connectivity index (χ0v) is 15.1. The van der Waals surface area contributed by atoms with Gasteiger partial charge < -0.3 is 5.32 Å². The number of nitrogens with one attached hydrogen (secondary N) is 1. The molecule has 0 spiro atoms. The largest absolute Gasteiger partial charge is 0.352 e. The number of fused-ring (bicyclic) bond motifs is 1. The lowest BCUT2D eigenvalue weighted by molar-refractivity contribution is -0.122. The molecule has 1 aromatic heterocycles. The molecule has 26 heavy (non-hydrogen) atoms. The van der Waals surface area contributed by atoms with Crippen LogP contribution in [0.1, 0.15) is 49.3 Å². The standard InChI is InChI=1S/C20H25FN4O/c1-24-12-14(11-22-24)13-25-18-8-4-5-9-20(26)23-17(18)10-19(25)15-6-2-3-7-16(15)21/h2-3,6-7,11-12,17-19H,4-5,8-10,13H2,1H3,(H,23,26)/t17-,18+,19+/m1/s1. The van der Waals surface area contributed by atoms with E-state index in [1.807, 2.05) is 31.6 Å². The molecule has 3 atom stereocenters. The Labute approximate surface area is 153 Å². The van der Waals surface area contributed by atoms with Crippen LogP contribution in [-0.4, -0.2) is 32.7 Å². The quantitative estimate of drug-likeness (QED) is 0.920. The Bertz CT molecular complexity index is 790. The molecule has 1 amide bonds. The predicted octanol–water partition coefficient (Wildman–Crippen LogP) is 2.93. The van der Waals surface area contributed by atoms with Crippen LogP contribution in [-0.2, 0) is 18.4 Å². The summed E-state index contributed by atoms with van der Waals surface area (Å²) >= 11 is 0. The van der Waals surface area contributed by atoms with E-state index in [0.29, 0.717) is 13.0 Å². The second-order valence-electron chi connectivity index (χ2n) is 7.45. The monoisotopic (exact) mass is 356 g/mol. The number of aryl methyl sites for hydroxylation is 1. The molecule has 6 heteroatoms. The van der Waals surface area contributed by atoms with Gasteiger partial charge in [0.2, 0.25) is 5.91 Å². The molecule has 0 saturated carbocycles. The van der Waals surface area contributed by atoms with Gasteiger partial charge in [-0.2, -0.15) is 5.10 Å². The van der Waals surface area contributed by atoms with E-state index >= 15 is 0 Å². The predicted molar refractivity (Wildman–Crippen MR) is 96.7 cm³/mol. The Hall–Kier alpha value is -2.21. The van der Waals surface area contributed by atoms with Gasteiger partial charge >= 0.3 is 0 Å². The Balaban J connectivity index is 1.68. The number of rotatable bonds is 3. The van der Waals surface area contributed by atoms with Crippen LogP contribution in [0, 0.1) is 5.82 Å². The lowest BCUT2D eigenvalue weighted by Crippen LogP contribution is -2.45. The summed E-state index contributed by atoms with van der Waals surface area (Å²) < 4.78 is 16.3. The molecule has 1 N–H and O–H groups in total. The van der Waals surface area contributed by atoms with Gasteiger partial charge in [0.05, 0.1) is 6.20 Å². The van der Waals surface area contributed by atoms with E-state index < -0.39 is 0 Å². The van der Waals surface area contributed by atoms with Crippen molar-refractivity contribution in [1.82, 2.24) is 20.0 Å².